The second-order valence-electron chi connectivity index (χ2n) is 5.62. The molecule has 0 spiro atoms. The van der Waals surface area contributed by atoms with Gasteiger partial charge < -0.3 is 10.2 Å². The molecule has 19 heavy (non-hydrogen) atoms. The van der Waals surface area contributed by atoms with Crippen LogP contribution in [0.2, 0.25) is 0 Å². The van der Waals surface area contributed by atoms with Gasteiger partial charge in [0.2, 0.25) is 0 Å². The zero-order valence-corrected chi connectivity index (χ0v) is 12.4. The highest BCUT2D eigenvalue weighted by molar-refractivity contribution is 4.99. The fraction of sp³-hybridized carbons (Fsp3) is 0.800. The van der Waals surface area contributed by atoms with Gasteiger partial charge in [-0.25, -0.2) is 0 Å². The topological polar surface area (TPSA) is 33.1 Å². The van der Waals surface area contributed by atoms with E-state index in [2.05, 4.69) is 46.1 Å². The SMILES string of the molecule is CCC(C)n1ccc(CNCCN2CCCCC2)n1. The fourth-order valence-corrected chi connectivity index (χ4v) is 2.54. The van der Waals surface area contributed by atoms with Crippen molar-refractivity contribution in [3.05, 3.63) is 18.0 Å². The Balaban J connectivity index is 1.63. The van der Waals surface area contributed by atoms with E-state index in [4.69, 9.17) is 0 Å². The lowest BCUT2D eigenvalue weighted by atomic mass is 10.1. The minimum absolute atomic E-state index is 0.502. The molecule has 1 unspecified atom stereocenters. The molecule has 1 aromatic rings. The molecule has 1 atom stereocenters. The molecule has 1 saturated heterocycles. The summed E-state index contributed by atoms with van der Waals surface area (Å²) in [6.45, 7) is 10.1. The quantitative estimate of drug-likeness (QED) is 0.768. The molecule has 4 heteroatoms. The van der Waals surface area contributed by atoms with E-state index in [-0.39, 0.29) is 0 Å². The lowest BCUT2D eigenvalue weighted by molar-refractivity contribution is 0.229. The molecule has 1 aliphatic heterocycles. The van der Waals surface area contributed by atoms with E-state index in [0.29, 0.717) is 6.04 Å². The van der Waals surface area contributed by atoms with Gasteiger partial charge in [0.15, 0.2) is 0 Å². The van der Waals surface area contributed by atoms with Gasteiger partial charge in [-0.05, 0) is 45.3 Å². The first-order valence-corrected chi connectivity index (χ1v) is 7.76. The summed E-state index contributed by atoms with van der Waals surface area (Å²) in [7, 11) is 0. The van der Waals surface area contributed by atoms with Crippen LogP contribution in [0.25, 0.3) is 0 Å². The molecule has 2 rings (SSSR count). The van der Waals surface area contributed by atoms with Crippen molar-refractivity contribution < 1.29 is 0 Å². The van der Waals surface area contributed by atoms with Crippen LogP contribution in [0, 0.1) is 0 Å². The van der Waals surface area contributed by atoms with Crippen LogP contribution in [0.3, 0.4) is 0 Å². The first kappa shape index (κ1) is 14.5. The van der Waals surface area contributed by atoms with Gasteiger partial charge in [0.05, 0.1) is 5.69 Å². The third-order valence-corrected chi connectivity index (χ3v) is 4.07. The van der Waals surface area contributed by atoms with Gasteiger partial charge in [-0.15, -0.1) is 0 Å². The van der Waals surface area contributed by atoms with Gasteiger partial charge in [0, 0.05) is 31.9 Å². The molecule has 0 aliphatic carbocycles. The summed E-state index contributed by atoms with van der Waals surface area (Å²) >= 11 is 0. The van der Waals surface area contributed by atoms with Gasteiger partial charge in [-0.2, -0.15) is 5.10 Å². The van der Waals surface area contributed by atoms with Crippen LogP contribution in [0.5, 0.6) is 0 Å². The van der Waals surface area contributed by atoms with Crippen molar-refractivity contribution in [1.82, 2.24) is 20.0 Å². The molecule has 1 fully saturated rings. The molecule has 4 nitrogen and oxygen atoms in total. The van der Waals surface area contributed by atoms with Crippen LogP contribution < -0.4 is 5.32 Å². The number of aromatic nitrogens is 2. The number of nitrogens with zero attached hydrogens (tertiary/aromatic N) is 3. The Morgan fingerprint density at radius 3 is 2.84 bits per heavy atom. The van der Waals surface area contributed by atoms with Crippen LogP contribution in [0.1, 0.15) is 51.3 Å². The molecule has 0 radical (unpaired) electrons. The normalized spacial score (nSPS) is 18.6. The van der Waals surface area contributed by atoms with Gasteiger partial charge in [-0.3, -0.25) is 4.68 Å². The third-order valence-electron chi connectivity index (χ3n) is 4.07. The summed E-state index contributed by atoms with van der Waals surface area (Å²) in [4.78, 5) is 2.56. The first-order chi connectivity index (χ1) is 9.29. The first-order valence-electron chi connectivity index (χ1n) is 7.76. The lowest BCUT2D eigenvalue weighted by Gasteiger charge is -2.26. The highest BCUT2D eigenvalue weighted by Crippen LogP contribution is 2.09. The molecule has 108 valence electrons. The number of hydrogen-bond acceptors (Lipinski definition) is 3. The maximum Gasteiger partial charge on any atom is 0.0762 e. The largest absolute Gasteiger partial charge is 0.310 e. The Bertz CT molecular complexity index is 355. The molecule has 1 aliphatic rings. The lowest BCUT2D eigenvalue weighted by Crippen LogP contribution is -2.35. The van der Waals surface area contributed by atoms with Crippen LogP contribution in [-0.4, -0.2) is 40.9 Å². The van der Waals surface area contributed by atoms with Crippen LogP contribution in [0.4, 0.5) is 0 Å². The van der Waals surface area contributed by atoms with Crippen molar-refractivity contribution in [2.24, 2.45) is 0 Å². The predicted molar refractivity (Wildman–Crippen MR) is 79.2 cm³/mol. The van der Waals surface area contributed by atoms with E-state index in [0.717, 1.165) is 25.2 Å². The van der Waals surface area contributed by atoms with Crippen LogP contribution in [-0.2, 0) is 6.54 Å². The molecule has 2 heterocycles. The molecular weight excluding hydrogens is 236 g/mol. The molecule has 0 bridgehead atoms. The zero-order chi connectivity index (χ0) is 13.5. The van der Waals surface area contributed by atoms with E-state index in [9.17, 15) is 0 Å². The van der Waals surface area contributed by atoms with Crippen molar-refractivity contribution in [3.63, 3.8) is 0 Å². The van der Waals surface area contributed by atoms with E-state index < -0.39 is 0 Å². The van der Waals surface area contributed by atoms with E-state index in [1.807, 2.05) is 0 Å². The minimum atomic E-state index is 0.502. The van der Waals surface area contributed by atoms with Gasteiger partial charge in [0.1, 0.15) is 0 Å². The summed E-state index contributed by atoms with van der Waals surface area (Å²) in [5, 5.41) is 8.11. The summed E-state index contributed by atoms with van der Waals surface area (Å²) in [5.74, 6) is 0. The Kier molecular flexibility index (Phi) is 5.86. The second-order valence-corrected chi connectivity index (χ2v) is 5.62. The zero-order valence-electron chi connectivity index (χ0n) is 12.4. The number of rotatable bonds is 7. The highest BCUT2D eigenvalue weighted by Gasteiger charge is 2.09. The van der Waals surface area contributed by atoms with Crippen LogP contribution >= 0.6 is 0 Å². The summed E-state index contributed by atoms with van der Waals surface area (Å²) in [6.07, 6.45) is 7.38. The smallest absolute Gasteiger partial charge is 0.0762 e. The molecule has 0 aromatic carbocycles. The third kappa shape index (κ3) is 4.62. The van der Waals surface area contributed by atoms with Crippen molar-refractivity contribution >= 4 is 0 Å². The van der Waals surface area contributed by atoms with Gasteiger partial charge in [-0.1, -0.05) is 13.3 Å². The maximum absolute atomic E-state index is 4.61. The molecular formula is C15H28N4. The number of hydrogen-bond donors (Lipinski definition) is 1. The summed E-state index contributed by atoms with van der Waals surface area (Å²) in [6, 6.07) is 2.63. The minimum Gasteiger partial charge on any atom is -0.310 e. The predicted octanol–water partition coefficient (Wildman–Crippen LogP) is 2.43. The monoisotopic (exact) mass is 264 g/mol. The van der Waals surface area contributed by atoms with Crippen molar-refractivity contribution in [3.8, 4) is 0 Å². The Hall–Kier alpha value is -0.870. The molecule has 0 amide bonds. The van der Waals surface area contributed by atoms with Crippen molar-refractivity contribution in [1.29, 1.82) is 0 Å². The Labute approximate surface area is 117 Å². The van der Waals surface area contributed by atoms with Crippen molar-refractivity contribution in [2.45, 2.75) is 52.1 Å². The van der Waals surface area contributed by atoms with E-state index in [1.54, 1.807) is 0 Å². The molecule has 1 N–H and O–H groups in total. The van der Waals surface area contributed by atoms with Gasteiger partial charge >= 0.3 is 0 Å². The second kappa shape index (κ2) is 7.65. The van der Waals surface area contributed by atoms with E-state index in [1.165, 1.54) is 38.9 Å². The average molecular weight is 264 g/mol. The fourth-order valence-electron chi connectivity index (χ4n) is 2.54. The summed E-state index contributed by atoms with van der Waals surface area (Å²) < 4.78 is 2.07. The standard InChI is InChI=1S/C15H28N4/c1-3-14(2)19-11-7-15(17-19)13-16-8-12-18-9-5-4-6-10-18/h7,11,14,16H,3-6,8-10,12-13H2,1-2H3. The number of nitrogens with one attached hydrogen (secondary N) is 1. The molecule has 0 saturated carbocycles. The molecule has 1 aromatic heterocycles. The number of piperidine rings is 1. The van der Waals surface area contributed by atoms with E-state index >= 15 is 0 Å². The Morgan fingerprint density at radius 1 is 1.32 bits per heavy atom. The van der Waals surface area contributed by atoms with Gasteiger partial charge in [0.25, 0.3) is 0 Å². The van der Waals surface area contributed by atoms with Crippen molar-refractivity contribution in [2.75, 3.05) is 26.2 Å². The Morgan fingerprint density at radius 2 is 2.11 bits per heavy atom. The van der Waals surface area contributed by atoms with Crippen LogP contribution in [0.15, 0.2) is 12.3 Å². The number of likely N-dealkylation sites (tertiary alicyclic amines) is 1. The average Bonchev–Trinajstić information content (AvgIpc) is 2.93. The summed E-state index contributed by atoms with van der Waals surface area (Å²) in [5.41, 5.74) is 1.15. The maximum atomic E-state index is 4.61. The highest BCUT2D eigenvalue weighted by atomic mass is 15.3.